The first kappa shape index (κ1) is 12.1. The molecule has 0 atom stereocenters. The Morgan fingerprint density at radius 1 is 1.53 bits per heavy atom. The molecule has 88 valence electrons. The lowest BCUT2D eigenvalue weighted by molar-refractivity contribution is -0.136. The number of aryl methyl sites for hydroxylation is 1. The Morgan fingerprint density at radius 2 is 2.29 bits per heavy atom. The SMILES string of the molecule is Cc1cccc(-c2nc(CC(=O)O)cs2)c1Cl. The molecule has 1 aromatic heterocycles. The highest BCUT2D eigenvalue weighted by Gasteiger charge is 2.11. The predicted molar refractivity (Wildman–Crippen MR) is 68.6 cm³/mol. The fourth-order valence-corrected chi connectivity index (χ4v) is 2.60. The van der Waals surface area contributed by atoms with Crippen LogP contribution < -0.4 is 0 Å². The third-order valence-electron chi connectivity index (χ3n) is 2.31. The van der Waals surface area contributed by atoms with E-state index >= 15 is 0 Å². The van der Waals surface area contributed by atoms with Crippen LogP contribution in [-0.4, -0.2) is 16.1 Å². The predicted octanol–water partition coefficient (Wildman–Crippen LogP) is 3.40. The van der Waals surface area contributed by atoms with Crippen molar-refractivity contribution in [2.24, 2.45) is 0 Å². The maximum atomic E-state index is 10.6. The van der Waals surface area contributed by atoms with Gasteiger partial charge in [-0.3, -0.25) is 4.79 Å². The molecule has 17 heavy (non-hydrogen) atoms. The van der Waals surface area contributed by atoms with Crippen molar-refractivity contribution >= 4 is 28.9 Å². The largest absolute Gasteiger partial charge is 0.481 e. The number of thiazole rings is 1. The number of hydrogen-bond donors (Lipinski definition) is 1. The summed E-state index contributed by atoms with van der Waals surface area (Å²) in [6.07, 6.45) is -0.0556. The average Bonchev–Trinajstić information content (AvgIpc) is 2.69. The molecule has 0 bridgehead atoms. The summed E-state index contributed by atoms with van der Waals surface area (Å²) in [5.74, 6) is -0.878. The van der Waals surface area contributed by atoms with Crippen LogP contribution in [0.2, 0.25) is 5.02 Å². The van der Waals surface area contributed by atoms with E-state index in [1.807, 2.05) is 25.1 Å². The number of carboxylic acids is 1. The molecule has 2 aromatic rings. The van der Waals surface area contributed by atoms with Crippen LogP contribution in [0.3, 0.4) is 0 Å². The molecule has 0 aliphatic heterocycles. The summed E-state index contributed by atoms with van der Waals surface area (Å²) < 4.78 is 0. The molecule has 0 spiro atoms. The molecule has 2 rings (SSSR count). The summed E-state index contributed by atoms with van der Waals surface area (Å²) in [4.78, 5) is 14.8. The van der Waals surface area contributed by atoms with Crippen LogP contribution >= 0.6 is 22.9 Å². The Bertz CT molecular complexity index is 565. The molecule has 0 amide bonds. The van der Waals surface area contributed by atoms with Crippen molar-refractivity contribution in [2.75, 3.05) is 0 Å². The van der Waals surface area contributed by atoms with E-state index < -0.39 is 5.97 Å². The first-order chi connectivity index (χ1) is 8.08. The van der Waals surface area contributed by atoms with E-state index in [0.29, 0.717) is 10.7 Å². The Labute approximate surface area is 108 Å². The molecular weight excluding hydrogens is 258 g/mol. The van der Waals surface area contributed by atoms with Crippen molar-refractivity contribution in [2.45, 2.75) is 13.3 Å². The Morgan fingerprint density at radius 3 is 3.00 bits per heavy atom. The summed E-state index contributed by atoms with van der Waals surface area (Å²) in [6.45, 7) is 1.93. The van der Waals surface area contributed by atoms with Crippen molar-refractivity contribution in [1.29, 1.82) is 0 Å². The third-order valence-corrected chi connectivity index (χ3v) is 3.73. The van der Waals surface area contributed by atoms with Crippen molar-refractivity contribution in [3.8, 4) is 10.6 Å². The Balaban J connectivity index is 2.37. The van der Waals surface area contributed by atoms with Crippen LogP contribution in [-0.2, 0) is 11.2 Å². The fourth-order valence-electron chi connectivity index (χ4n) is 1.48. The van der Waals surface area contributed by atoms with Gasteiger partial charge in [0.15, 0.2) is 0 Å². The Hall–Kier alpha value is -1.39. The quantitative estimate of drug-likeness (QED) is 0.927. The van der Waals surface area contributed by atoms with Gasteiger partial charge in [-0.05, 0) is 12.5 Å². The Kier molecular flexibility index (Phi) is 3.45. The number of carbonyl (C=O) groups is 1. The summed E-state index contributed by atoms with van der Waals surface area (Å²) in [7, 11) is 0. The van der Waals surface area contributed by atoms with Gasteiger partial charge in [-0.15, -0.1) is 11.3 Å². The second-order valence-corrected chi connectivity index (χ2v) is 4.89. The molecule has 0 aliphatic carbocycles. The smallest absolute Gasteiger partial charge is 0.309 e. The molecule has 5 heteroatoms. The van der Waals surface area contributed by atoms with Gasteiger partial charge in [0.2, 0.25) is 0 Å². The molecule has 0 fully saturated rings. The number of benzene rings is 1. The van der Waals surface area contributed by atoms with E-state index in [4.69, 9.17) is 16.7 Å². The second kappa shape index (κ2) is 4.85. The first-order valence-electron chi connectivity index (χ1n) is 4.99. The van der Waals surface area contributed by atoms with Crippen molar-refractivity contribution < 1.29 is 9.90 Å². The number of halogens is 1. The normalized spacial score (nSPS) is 10.5. The second-order valence-electron chi connectivity index (χ2n) is 3.65. The summed E-state index contributed by atoms with van der Waals surface area (Å²) >= 11 is 7.60. The number of carboxylic acid groups (broad SMARTS) is 1. The van der Waals surface area contributed by atoms with Crippen LogP contribution in [0.5, 0.6) is 0 Å². The van der Waals surface area contributed by atoms with Crippen LogP contribution in [0, 0.1) is 6.92 Å². The molecule has 1 aromatic carbocycles. The van der Waals surface area contributed by atoms with Gasteiger partial charge in [0.1, 0.15) is 5.01 Å². The molecule has 0 aliphatic rings. The van der Waals surface area contributed by atoms with Gasteiger partial charge in [0.25, 0.3) is 0 Å². The van der Waals surface area contributed by atoms with E-state index in [0.717, 1.165) is 16.1 Å². The van der Waals surface area contributed by atoms with Crippen LogP contribution in [0.25, 0.3) is 10.6 Å². The lowest BCUT2D eigenvalue weighted by Crippen LogP contribution is -1.99. The molecule has 0 saturated carbocycles. The van der Waals surface area contributed by atoms with Crippen LogP contribution in [0.1, 0.15) is 11.3 Å². The van der Waals surface area contributed by atoms with Gasteiger partial charge >= 0.3 is 5.97 Å². The van der Waals surface area contributed by atoms with Crippen LogP contribution in [0.4, 0.5) is 0 Å². The molecule has 0 radical (unpaired) electrons. The van der Waals surface area contributed by atoms with E-state index in [2.05, 4.69) is 4.98 Å². The van der Waals surface area contributed by atoms with Gasteiger partial charge < -0.3 is 5.11 Å². The minimum Gasteiger partial charge on any atom is -0.481 e. The number of rotatable bonds is 3. The van der Waals surface area contributed by atoms with E-state index in [9.17, 15) is 4.79 Å². The molecule has 1 heterocycles. The van der Waals surface area contributed by atoms with Gasteiger partial charge in [-0.2, -0.15) is 0 Å². The standard InChI is InChI=1S/C12H10ClNO2S/c1-7-3-2-4-9(11(7)13)12-14-8(6-17-12)5-10(15)16/h2-4,6H,5H2,1H3,(H,15,16). The van der Waals surface area contributed by atoms with Gasteiger partial charge in [0, 0.05) is 10.9 Å². The summed E-state index contributed by atoms with van der Waals surface area (Å²) in [5.41, 5.74) is 2.41. The first-order valence-corrected chi connectivity index (χ1v) is 6.25. The molecule has 1 N–H and O–H groups in total. The zero-order chi connectivity index (χ0) is 12.4. The van der Waals surface area contributed by atoms with Gasteiger partial charge in [0.05, 0.1) is 17.1 Å². The third kappa shape index (κ3) is 2.65. The van der Waals surface area contributed by atoms with Gasteiger partial charge in [-0.1, -0.05) is 29.8 Å². The minimum atomic E-state index is -0.878. The number of aromatic nitrogens is 1. The van der Waals surface area contributed by atoms with Crippen LogP contribution in [0.15, 0.2) is 23.6 Å². The van der Waals surface area contributed by atoms with Crippen molar-refractivity contribution in [3.63, 3.8) is 0 Å². The molecular formula is C12H10ClNO2S. The van der Waals surface area contributed by atoms with E-state index in [1.165, 1.54) is 11.3 Å². The summed E-state index contributed by atoms with van der Waals surface area (Å²) in [6, 6.07) is 5.73. The van der Waals surface area contributed by atoms with Crippen molar-refractivity contribution in [1.82, 2.24) is 4.98 Å². The lowest BCUT2D eigenvalue weighted by Gasteiger charge is -2.02. The number of hydrogen-bond acceptors (Lipinski definition) is 3. The zero-order valence-corrected chi connectivity index (χ0v) is 10.7. The zero-order valence-electron chi connectivity index (χ0n) is 9.11. The van der Waals surface area contributed by atoms with Gasteiger partial charge in [-0.25, -0.2) is 4.98 Å². The fraction of sp³-hybridized carbons (Fsp3) is 0.167. The minimum absolute atomic E-state index is 0.0556. The number of aliphatic carboxylic acids is 1. The number of nitrogens with zero attached hydrogens (tertiary/aromatic N) is 1. The maximum absolute atomic E-state index is 10.6. The van der Waals surface area contributed by atoms with Crippen molar-refractivity contribution in [3.05, 3.63) is 39.9 Å². The average molecular weight is 268 g/mol. The van der Waals surface area contributed by atoms with E-state index in [-0.39, 0.29) is 6.42 Å². The molecule has 0 saturated heterocycles. The highest BCUT2D eigenvalue weighted by molar-refractivity contribution is 7.13. The molecule has 0 unspecified atom stereocenters. The monoisotopic (exact) mass is 267 g/mol. The topological polar surface area (TPSA) is 50.2 Å². The molecule has 3 nitrogen and oxygen atoms in total. The summed E-state index contributed by atoms with van der Waals surface area (Å²) in [5, 5.41) is 11.9. The highest BCUT2D eigenvalue weighted by atomic mass is 35.5. The highest BCUT2D eigenvalue weighted by Crippen LogP contribution is 2.32. The maximum Gasteiger partial charge on any atom is 0.309 e. The van der Waals surface area contributed by atoms with E-state index in [1.54, 1.807) is 5.38 Å². The lowest BCUT2D eigenvalue weighted by atomic mass is 10.1.